The number of phenolic OH excluding ortho intramolecular Hbond substituents is 1. The molecule has 0 bridgehead atoms. The van der Waals surface area contributed by atoms with Gasteiger partial charge in [-0.25, -0.2) is 0 Å². The second-order valence-corrected chi connectivity index (χ2v) is 5.20. The zero-order chi connectivity index (χ0) is 13.0. The Labute approximate surface area is 108 Å². The van der Waals surface area contributed by atoms with Crippen molar-refractivity contribution < 1.29 is 9.90 Å². The molecule has 2 rings (SSSR count). The van der Waals surface area contributed by atoms with E-state index in [9.17, 15) is 9.90 Å². The van der Waals surface area contributed by atoms with Gasteiger partial charge < -0.3 is 10.4 Å². The summed E-state index contributed by atoms with van der Waals surface area (Å²) in [4.78, 5) is 11.9. The van der Waals surface area contributed by atoms with Crippen LogP contribution in [0.5, 0.6) is 5.75 Å². The smallest absolute Gasteiger partial charge is 0.251 e. The SMILES string of the molecule is Cc1ccc(C(=O)NCCC2CCCC2)cc1O. The molecule has 0 radical (unpaired) electrons. The molecule has 0 aromatic heterocycles. The molecule has 1 aliphatic carbocycles. The highest BCUT2D eigenvalue weighted by Gasteiger charge is 2.15. The fourth-order valence-electron chi connectivity index (χ4n) is 2.54. The van der Waals surface area contributed by atoms with E-state index in [1.54, 1.807) is 12.1 Å². The first-order valence-electron chi connectivity index (χ1n) is 6.74. The topological polar surface area (TPSA) is 49.3 Å². The molecule has 98 valence electrons. The molecule has 1 aromatic carbocycles. The maximum absolute atomic E-state index is 11.9. The van der Waals surface area contributed by atoms with Gasteiger partial charge in [-0.1, -0.05) is 31.7 Å². The molecule has 1 fully saturated rings. The van der Waals surface area contributed by atoms with Crippen molar-refractivity contribution in [1.29, 1.82) is 0 Å². The van der Waals surface area contributed by atoms with Crippen LogP contribution >= 0.6 is 0 Å². The van der Waals surface area contributed by atoms with E-state index < -0.39 is 0 Å². The second-order valence-electron chi connectivity index (χ2n) is 5.20. The molecule has 1 aliphatic rings. The minimum absolute atomic E-state index is 0.0942. The van der Waals surface area contributed by atoms with E-state index >= 15 is 0 Å². The minimum Gasteiger partial charge on any atom is -0.508 e. The molecule has 1 saturated carbocycles. The quantitative estimate of drug-likeness (QED) is 0.859. The van der Waals surface area contributed by atoms with Crippen molar-refractivity contribution in [1.82, 2.24) is 5.32 Å². The van der Waals surface area contributed by atoms with Crippen molar-refractivity contribution in [2.45, 2.75) is 39.0 Å². The minimum atomic E-state index is -0.0942. The Morgan fingerprint density at radius 2 is 2.11 bits per heavy atom. The molecule has 0 unspecified atom stereocenters. The monoisotopic (exact) mass is 247 g/mol. The van der Waals surface area contributed by atoms with Crippen LogP contribution in [0.15, 0.2) is 18.2 Å². The van der Waals surface area contributed by atoms with Gasteiger partial charge in [-0.05, 0) is 37.0 Å². The van der Waals surface area contributed by atoms with Crippen LogP contribution in [0.2, 0.25) is 0 Å². The van der Waals surface area contributed by atoms with Crippen molar-refractivity contribution in [2.75, 3.05) is 6.54 Å². The first kappa shape index (κ1) is 12.9. The molecule has 0 atom stereocenters. The van der Waals surface area contributed by atoms with Gasteiger partial charge in [0.15, 0.2) is 0 Å². The van der Waals surface area contributed by atoms with E-state index in [4.69, 9.17) is 0 Å². The number of carbonyl (C=O) groups excluding carboxylic acids is 1. The number of aryl methyl sites for hydroxylation is 1. The summed E-state index contributed by atoms with van der Waals surface area (Å²) in [5.74, 6) is 0.874. The van der Waals surface area contributed by atoms with Crippen molar-refractivity contribution in [3.05, 3.63) is 29.3 Å². The van der Waals surface area contributed by atoms with Gasteiger partial charge in [-0.15, -0.1) is 0 Å². The van der Waals surface area contributed by atoms with Crippen molar-refractivity contribution >= 4 is 5.91 Å². The summed E-state index contributed by atoms with van der Waals surface area (Å²) in [6.07, 6.45) is 6.36. The van der Waals surface area contributed by atoms with E-state index in [2.05, 4.69) is 5.32 Å². The Hall–Kier alpha value is -1.51. The summed E-state index contributed by atoms with van der Waals surface area (Å²) in [7, 11) is 0. The summed E-state index contributed by atoms with van der Waals surface area (Å²) >= 11 is 0. The molecule has 3 nitrogen and oxygen atoms in total. The second kappa shape index (κ2) is 5.89. The number of hydrogen-bond donors (Lipinski definition) is 2. The number of rotatable bonds is 4. The van der Waals surface area contributed by atoms with Crippen LogP contribution in [0.3, 0.4) is 0 Å². The number of hydrogen-bond acceptors (Lipinski definition) is 2. The lowest BCUT2D eigenvalue weighted by molar-refractivity contribution is 0.0951. The lowest BCUT2D eigenvalue weighted by Gasteiger charge is -2.10. The predicted octanol–water partition coefficient (Wildman–Crippen LogP) is 3.01. The molecule has 3 heteroatoms. The first-order valence-corrected chi connectivity index (χ1v) is 6.74. The number of benzene rings is 1. The third kappa shape index (κ3) is 3.25. The fraction of sp³-hybridized carbons (Fsp3) is 0.533. The normalized spacial score (nSPS) is 15.8. The van der Waals surface area contributed by atoms with Crippen LogP contribution in [0, 0.1) is 12.8 Å². The zero-order valence-corrected chi connectivity index (χ0v) is 10.9. The average molecular weight is 247 g/mol. The van der Waals surface area contributed by atoms with E-state index in [1.807, 2.05) is 6.92 Å². The van der Waals surface area contributed by atoms with Gasteiger partial charge in [0, 0.05) is 12.1 Å². The lowest BCUT2D eigenvalue weighted by atomic mass is 10.0. The van der Waals surface area contributed by atoms with Gasteiger partial charge in [0.1, 0.15) is 5.75 Å². The van der Waals surface area contributed by atoms with Crippen LogP contribution in [-0.2, 0) is 0 Å². The van der Waals surface area contributed by atoms with E-state index in [-0.39, 0.29) is 11.7 Å². The highest BCUT2D eigenvalue weighted by Crippen LogP contribution is 2.27. The Morgan fingerprint density at radius 1 is 1.39 bits per heavy atom. The van der Waals surface area contributed by atoms with Crippen molar-refractivity contribution in [3.8, 4) is 5.75 Å². The Morgan fingerprint density at radius 3 is 2.78 bits per heavy atom. The standard InChI is InChI=1S/C15H21NO2/c1-11-6-7-13(10-14(11)17)15(18)16-9-8-12-4-2-3-5-12/h6-7,10,12,17H,2-5,8-9H2,1H3,(H,16,18). The van der Waals surface area contributed by atoms with E-state index in [0.29, 0.717) is 5.56 Å². The zero-order valence-electron chi connectivity index (χ0n) is 10.9. The highest BCUT2D eigenvalue weighted by atomic mass is 16.3. The van der Waals surface area contributed by atoms with Crippen LogP contribution in [-0.4, -0.2) is 17.6 Å². The summed E-state index contributed by atoms with van der Waals surface area (Å²) in [5, 5.41) is 12.5. The van der Waals surface area contributed by atoms with Crippen LogP contribution in [0.25, 0.3) is 0 Å². The molecule has 1 amide bonds. The number of nitrogens with one attached hydrogen (secondary N) is 1. The molecule has 2 N–H and O–H groups in total. The molecule has 0 heterocycles. The molecular formula is C15H21NO2. The Bertz CT molecular complexity index is 423. The third-order valence-electron chi connectivity index (χ3n) is 3.78. The van der Waals surface area contributed by atoms with Gasteiger partial charge in [-0.3, -0.25) is 4.79 Å². The van der Waals surface area contributed by atoms with E-state index in [1.165, 1.54) is 31.7 Å². The summed E-state index contributed by atoms with van der Waals surface area (Å²) in [6.45, 7) is 2.55. The van der Waals surface area contributed by atoms with Crippen LogP contribution < -0.4 is 5.32 Å². The number of aromatic hydroxyl groups is 1. The number of phenols is 1. The summed E-state index contributed by atoms with van der Waals surface area (Å²) in [6, 6.07) is 5.04. The molecule has 0 saturated heterocycles. The Balaban J connectivity index is 1.81. The van der Waals surface area contributed by atoms with Crippen molar-refractivity contribution in [2.24, 2.45) is 5.92 Å². The third-order valence-corrected chi connectivity index (χ3v) is 3.78. The Kier molecular flexibility index (Phi) is 4.24. The lowest BCUT2D eigenvalue weighted by Crippen LogP contribution is -2.25. The molecule has 0 aliphatic heterocycles. The van der Waals surface area contributed by atoms with Gasteiger partial charge in [0.2, 0.25) is 0 Å². The van der Waals surface area contributed by atoms with Gasteiger partial charge in [0.25, 0.3) is 5.91 Å². The maximum atomic E-state index is 11.9. The number of amides is 1. The molecule has 18 heavy (non-hydrogen) atoms. The van der Waals surface area contributed by atoms with Gasteiger partial charge in [-0.2, -0.15) is 0 Å². The number of carbonyl (C=O) groups is 1. The molecule has 1 aromatic rings. The molecular weight excluding hydrogens is 226 g/mol. The van der Waals surface area contributed by atoms with Gasteiger partial charge in [0.05, 0.1) is 0 Å². The van der Waals surface area contributed by atoms with Crippen LogP contribution in [0.1, 0.15) is 48.0 Å². The summed E-state index contributed by atoms with van der Waals surface area (Å²) in [5.41, 5.74) is 1.32. The fourth-order valence-corrected chi connectivity index (χ4v) is 2.54. The largest absolute Gasteiger partial charge is 0.508 e. The van der Waals surface area contributed by atoms with Gasteiger partial charge >= 0.3 is 0 Å². The van der Waals surface area contributed by atoms with Crippen molar-refractivity contribution in [3.63, 3.8) is 0 Å². The first-order chi connectivity index (χ1) is 8.66. The average Bonchev–Trinajstić information content (AvgIpc) is 2.85. The predicted molar refractivity (Wildman–Crippen MR) is 71.8 cm³/mol. The maximum Gasteiger partial charge on any atom is 0.251 e. The van der Waals surface area contributed by atoms with Crippen LogP contribution in [0.4, 0.5) is 0 Å². The summed E-state index contributed by atoms with van der Waals surface area (Å²) < 4.78 is 0. The molecule has 0 spiro atoms. The highest BCUT2D eigenvalue weighted by molar-refractivity contribution is 5.94. The van der Waals surface area contributed by atoms with E-state index in [0.717, 1.165) is 24.4 Å².